The van der Waals surface area contributed by atoms with Crippen LogP contribution in [0.4, 0.5) is 0 Å². The number of hydrogen-bond donors (Lipinski definition) is 0. The summed E-state index contributed by atoms with van der Waals surface area (Å²) in [6.45, 7) is 0. The Morgan fingerprint density at radius 1 is 0.737 bits per heavy atom. The molecule has 0 atom stereocenters. The first-order valence-electron chi connectivity index (χ1n) is 6.24. The number of nitrogens with zero attached hydrogens (tertiary/aromatic N) is 1. The summed E-state index contributed by atoms with van der Waals surface area (Å²) in [5, 5.41) is 1.07. The summed E-state index contributed by atoms with van der Waals surface area (Å²) in [7, 11) is 0. The van der Waals surface area contributed by atoms with Crippen molar-refractivity contribution in [1.82, 2.24) is 4.98 Å². The lowest BCUT2D eigenvalue weighted by molar-refractivity contribution is 0.668. The van der Waals surface area contributed by atoms with E-state index in [4.69, 9.17) is 4.42 Å². The Labute approximate surface area is 110 Å². The quantitative estimate of drug-likeness (QED) is 0.488. The number of fused-ring (bicyclic) bond motifs is 3. The molecule has 0 saturated carbocycles. The van der Waals surface area contributed by atoms with Gasteiger partial charge in [0.1, 0.15) is 11.1 Å². The molecule has 4 rings (SSSR count). The summed E-state index contributed by atoms with van der Waals surface area (Å²) in [6.07, 6.45) is 1.80. The van der Waals surface area contributed by atoms with Crippen molar-refractivity contribution in [2.24, 2.45) is 0 Å². The Hall–Kier alpha value is -2.61. The molecule has 0 unspecified atom stereocenters. The normalized spacial score (nSPS) is 11.2. The van der Waals surface area contributed by atoms with Crippen LogP contribution >= 0.6 is 0 Å². The van der Waals surface area contributed by atoms with Crippen molar-refractivity contribution in [2.45, 2.75) is 0 Å². The van der Waals surface area contributed by atoms with Gasteiger partial charge in [-0.15, -0.1) is 0 Å². The zero-order valence-electron chi connectivity index (χ0n) is 10.2. The molecular weight excluding hydrogens is 234 g/mol. The summed E-state index contributed by atoms with van der Waals surface area (Å²) in [4.78, 5) is 4.41. The van der Waals surface area contributed by atoms with Crippen molar-refractivity contribution in [1.29, 1.82) is 0 Å². The second kappa shape index (κ2) is 3.95. The predicted molar refractivity (Wildman–Crippen MR) is 77.0 cm³/mol. The third kappa shape index (κ3) is 1.61. The summed E-state index contributed by atoms with van der Waals surface area (Å²) in [5.74, 6) is 0. The van der Waals surface area contributed by atoms with E-state index in [-0.39, 0.29) is 0 Å². The number of hydrogen-bond acceptors (Lipinski definition) is 2. The van der Waals surface area contributed by atoms with Gasteiger partial charge in [-0.05, 0) is 35.4 Å². The maximum Gasteiger partial charge on any atom is 0.153 e. The predicted octanol–water partition coefficient (Wildman–Crippen LogP) is 4.65. The third-order valence-electron chi connectivity index (χ3n) is 3.33. The van der Waals surface area contributed by atoms with Gasteiger partial charge < -0.3 is 4.42 Å². The van der Waals surface area contributed by atoms with Crippen molar-refractivity contribution < 1.29 is 4.42 Å². The summed E-state index contributed by atoms with van der Waals surface area (Å²) in [5.41, 5.74) is 5.03. The van der Waals surface area contributed by atoms with Gasteiger partial charge in [0.25, 0.3) is 0 Å². The second-order valence-corrected chi connectivity index (χ2v) is 4.53. The molecule has 2 nitrogen and oxygen atoms in total. The number of benzene rings is 2. The van der Waals surface area contributed by atoms with Crippen LogP contribution in [0.15, 0.2) is 71.3 Å². The Balaban J connectivity index is 2.03. The Morgan fingerprint density at radius 2 is 1.63 bits per heavy atom. The molecule has 2 heteroatoms. The molecular formula is C17H11NO. The van der Waals surface area contributed by atoms with Gasteiger partial charge in [0, 0.05) is 11.6 Å². The first kappa shape index (κ1) is 10.3. The second-order valence-electron chi connectivity index (χ2n) is 4.53. The van der Waals surface area contributed by atoms with Gasteiger partial charge in [-0.3, -0.25) is 4.98 Å². The van der Waals surface area contributed by atoms with Gasteiger partial charge in [0.15, 0.2) is 5.58 Å². The van der Waals surface area contributed by atoms with Gasteiger partial charge in [0.2, 0.25) is 0 Å². The van der Waals surface area contributed by atoms with E-state index >= 15 is 0 Å². The zero-order chi connectivity index (χ0) is 12.7. The van der Waals surface area contributed by atoms with E-state index in [2.05, 4.69) is 29.2 Å². The molecule has 4 aromatic rings. The largest absolute Gasteiger partial charge is 0.454 e. The van der Waals surface area contributed by atoms with Crippen LogP contribution in [0, 0.1) is 0 Å². The van der Waals surface area contributed by atoms with Crippen LogP contribution in [-0.2, 0) is 0 Å². The molecule has 0 saturated heterocycles. The summed E-state index contributed by atoms with van der Waals surface area (Å²) in [6, 6.07) is 20.4. The first-order valence-corrected chi connectivity index (χ1v) is 6.24. The van der Waals surface area contributed by atoms with Crippen molar-refractivity contribution in [3.63, 3.8) is 0 Å². The van der Waals surface area contributed by atoms with E-state index in [1.807, 2.05) is 36.4 Å². The fraction of sp³-hybridized carbons (Fsp3) is 0. The standard InChI is InChI=1S/C17H11NO/c1-2-5-12(6-3-1)13-8-9-15-14(11-13)17-16(19-15)7-4-10-18-17/h1-11H. The molecule has 19 heavy (non-hydrogen) atoms. The third-order valence-corrected chi connectivity index (χ3v) is 3.33. The Morgan fingerprint density at radius 3 is 2.53 bits per heavy atom. The maximum atomic E-state index is 5.78. The van der Waals surface area contributed by atoms with Gasteiger partial charge >= 0.3 is 0 Å². The molecule has 0 bridgehead atoms. The van der Waals surface area contributed by atoms with Crippen LogP contribution in [0.1, 0.15) is 0 Å². The van der Waals surface area contributed by atoms with Crippen molar-refractivity contribution in [3.05, 3.63) is 66.9 Å². The lowest BCUT2D eigenvalue weighted by Gasteiger charge is -2.00. The summed E-state index contributed by atoms with van der Waals surface area (Å²) < 4.78 is 5.78. The minimum atomic E-state index is 0.836. The zero-order valence-corrected chi connectivity index (χ0v) is 10.2. The number of pyridine rings is 1. The van der Waals surface area contributed by atoms with Gasteiger partial charge in [0.05, 0.1) is 0 Å². The number of furan rings is 1. The molecule has 0 spiro atoms. The minimum Gasteiger partial charge on any atom is -0.454 e. The van der Waals surface area contributed by atoms with E-state index in [0.717, 1.165) is 22.1 Å². The lowest BCUT2D eigenvalue weighted by atomic mass is 10.0. The Kier molecular flexibility index (Phi) is 2.15. The smallest absolute Gasteiger partial charge is 0.153 e. The van der Waals surface area contributed by atoms with Crippen molar-refractivity contribution in [3.8, 4) is 11.1 Å². The molecule has 0 fully saturated rings. The molecule has 0 aliphatic heterocycles. The number of aromatic nitrogens is 1. The number of rotatable bonds is 1. The SMILES string of the molecule is c1ccc(-c2ccc3oc4cccnc4c3c2)cc1. The molecule has 0 amide bonds. The first-order chi connectivity index (χ1) is 9.42. The molecule has 0 aliphatic rings. The highest BCUT2D eigenvalue weighted by atomic mass is 16.3. The van der Waals surface area contributed by atoms with Gasteiger partial charge in [-0.2, -0.15) is 0 Å². The molecule has 2 aromatic carbocycles. The molecule has 2 aromatic heterocycles. The van der Waals surface area contributed by atoms with Crippen LogP contribution in [0.3, 0.4) is 0 Å². The fourth-order valence-corrected chi connectivity index (χ4v) is 2.41. The highest BCUT2D eigenvalue weighted by molar-refractivity contribution is 6.03. The van der Waals surface area contributed by atoms with Crippen LogP contribution in [0.25, 0.3) is 33.2 Å². The fourth-order valence-electron chi connectivity index (χ4n) is 2.41. The molecule has 0 aliphatic carbocycles. The van der Waals surface area contributed by atoms with E-state index in [1.54, 1.807) is 6.20 Å². The Bertz CT molecular complexity index is 862. The van der Waals surface area contributed by atoms with Gasteiger partial charge in [-0.25, -0.2) is 0 Å². The molecule has 0 N–H and O–H groups in total. The average Bonchev–Trinajstić information content (AvgIpc) is 2.86. The van der Waals surface area contributed by atoms with E-state index < -0.39 is 0 Å². The van der Waals surface area contributed by atoms with Crippen LogP contribution in [0.2, 0.25) is 0 Å². The van der Waals surface area contributed by atoms with Crippen molar-refractivity contribution in [2.75, 3.05) is 0 Å². The van der Waals surface area contributed by atoms with E-state index in [9.17, 15) is 0 Å². The van der Waals surface area contributed by atoms with Gasteiger partial charge in [-0.1, -0.05) is 36.4 Å². The average molecular weight is 245 g/mol. The highest BCUT2D eigenvalue weighted by Gasteiger charge is 2.08. The van der Waals surface area contributed by atoms with Crippen LogP contribution in [-0.4, -0.2) is 4.98 Å². The highest BCUT2D eigenvalue weighted by Crippen LogP contribution is 2.30. The molecule has 90 valence electrons. The monoisotopic (exact) mass is 245 g/mol. The minimum absolute atomic E-state index is 0.836. The molecule has 2 heterocycles. The summed E-state index contributed by atoms with van der Waals surface area (Å²) >= 11 is 0. The maximum absolute atomic E-state index is 5.78. The van der Waals surface area contributed by atoms with E-state index in [1.165, 1.54) is 11.1 Å². The van der Waals surface area contributed by atoms with Crippen molar-refractivity contribution >= 4 is 22.1 Å². The van der Waals surface area contributed by atoms with Crippen LogP contribution in [0.5, 0.6) is 0 Å². The van der Waals surface area contributed by atoms with E-state index in [0.29, 0.717) is 0 Å². The van der Waals surface area contributed by atoms with Crippen LogP contribution < -0.4 is 0 Å². The molecule has 0 radical (unpaired) electrons. The topological polar surface area (TPSA) is 26.0 Å². The lowest BCUT2D eigenvalue weighted by Crippen LogP contribution is -1.77.